The molecule has 1 aromatic heterocycles. The number of piperidine rings is 1. The monoisotopic (exact) mass is 249 g/mol. The Balaban J connectivity index is 2.27. The van der Waals surface area contributed by atoms with Crippen molar-refractivity contribution in [2.24, 2.45) is 11.8 Å². The standard InChI is InChI=1S/C13H16ClN3/c1-9-3-10(2)8-17(7-9)13-5-11(6-15)4-12(14)16-13/h4-5,9-10H,3,7-8H2,1-2H3. The van der Waals surface area contributed by atoms with Gasteiger partial charge in [0.15, 0.2) is 0 Å². The van der Waals surface area contributed by atoms with Crippen molar-refractivity contribution in [3.8, 4) is 6.07 Å². The minimum atomic E-state index is 0.393. The number of aromatic nitrogens is 1. The second-order valence-electron chi connectivity index (χ2n) is 5.00. The second kappa shape index (κ2) is 4.93. The van der Waals surface area contributed by atoms with Crippen LogP contribution < -0.4 is 4.90 Å². The van der Waals surface area contributed by atoms with Gasteiger partial charge < -0.3 is 4.90 Å². The average Bonchev–Trinajstić information content (AvgIpc) is 2.26. The first-order chi connectivity index (χ1) is 8.08. The minimum Gasteiger partial charge on any atom is -0.356 e. The molecule has 1 aliphatic rings. The van der Waals surface area contributed by atoms with Crippen molar-refractivity contribution in [1.82, 2.24) is 4.98 Å². The van der Waals surface area contributed by atoms with E-state index in [9.17, 15) is 0 Å². The lowest BCUT2D eigenvalue weighted by molar-refractivity contribution is 0.355. The summed E-state index contributed by atoms with van der Waals surface area (Å²) in [5.41, 5.74) is 0.575. The van der Waals surface area contributed by atoms with Crippen LogP contribution in [0, 0.1) is 23.2 Å². The Labute approximate surface area is 107 Å². The molecule has 2 heterocycles. The Bertz CT molecular complexity index is 442. The summed E-state index contributed by atoms with van der Waals surface area (Å²) in [4.78, 5) is 6.54. The lowest BCUT2D eigenvalue weighted by Crippen LogP contribution is -2.39. The molecular formula is C13H16ClN3. The van der Waals surface area contributed by atoms with Crippen molar-refractivity contribution >= 4 is 17.4 Å². The van der Waals surface area contributed by atoms with Gasteiger partial charge in [0.2, 0.25) is 0 Å². The van der Waals surface area contributed by atoms with E-state index in [1.54, 1.807) is 6.07 Å². The Kier molecular flexibility index (Phi) is 3.54. The summed E-state index contributed by atoms with van der Waals surface area (Å²) in [6.45, 7) is 6.47. The van der Waals surface area contributed by atoms with Crippen LogP contribution in [0.1, 0.15) is 25.8 Å². The Hall–Kier alpha value is -1.27. The predicted molar refractivity (Wildman–Crippen MR) is 69.1 cm³/mol. The molecule has 0 N–H and O–H groups in total. The molecule has 0 radical (unpaired) electrons. The molecule has 1 fully saturated rings. The van der Waals surface area contributed by atoms with Gasteiger partial charge in [-0.15, -0.1) is 0 Å². The zero-order valence-electron chi connectivity index (χ0n) is 10.2. The smallest absolute Gasteiger partial charge is 0.132 e. The van der Waals surface area contributed by atoms with Gasteiger partial charge in [-0.3, -0.25) is 0 Å². The molecule has 0 amide bonds. The van der Waals surface area contributed by atoms with Gasteiger partial charge in [0.25, 0.3) is 0 Å². The van der Waals surface area contributed by atoms with Crippen LogP contribution in [-0.2, 0) is 0 Å². The lowest BCUT2D eigenvalue weighted by Gasteiger charge is -2.35. The van der Waals surface area contributed by atoms with E-state index in [1.165, 1.54) is 6.42 Å². The van der Waals surface area contributed by atoms with Crippen LogP contribution in [0.2, 0.25) is 5.15 Å². The van der Waals surface area contributed by atoms with Crippen molar-refractivity contribution in [3.63, 3.8) is 0 Å². The van der Waals surface area contributed by atoms with E-state index in [1.807, 2.05) is 6.07 Å². The van der Waals surface area contributed by atoms with Gasteiger partial charge in [-0.2, -0.15) is 5.26 Å². The fourth-order valence-electron chi connectivity index (χ4n) is 2.56. The number of anilines is 1. The van der Waals surface area contributed by atoms with Crippen LogP contribution in [0.3, 0.4) is 0 Å². The van der Waals surface area contributed by atoms with Crippen LogP contribution in [0.4, 0.5) is 5.82 Å². The molecule has 2 atom stereocenters. The van der Waals surface area contributed by atoms with Crippen molar-refractivity contribution in [2.45, 2.75) is 20.3 Å². The topological polar surface area (TPSA) is 39.9 Å². The summed E-state index contributed by atoms with van der Waals surface area (Å²) in [6, 6.07) is 5.53. The van der Waals surface area contributed by atoms with E-state index in [0.29, 0.717) is 22.6 Å². The molecule has 0 bridgehead atoms. The number of hydrogen-bond acceptors (Lipinski definition) is 3. The summed E-state index contributed by atoms with van der Waals surface area (Å²) in [5.74, 6) is 2.14. The van der Waals surface area contributed by atoms with Crippen LogP contribution in [0.5, 0.6) is 0 Å². The first-order valence-electron chi connectivity index (χ1n) is 5.91. The highest BCUT2D eigenvalue weighted by atomic mass is 35.5. The number of nitriles is 1. The molecule has 2 rings (SSSR count). The van der Waals surface area contributed by atoms with E-state index in [4.69, 9.17) is 16.9 Å². The van der Waals surface area contributed by atoms with Gasteiger partial charge >= 0.3 is 0 Å². The van der Waals surface area contributed by atoms with E-state index in [0.717, 1.165) is 18.9 Å². The summed E-state index contributed by atoms with van der Waals surface area (Å²) < 4.78 is 0. The number of halogens is 1. The molecule has 1 aliphatic heterocycles. The maximum Gasteiger partial charge on any atom is 0.132 e. The maximum absolute atomic E-state index is 8.93. The zero-order valence-corrected chi connectivity index (χ0v) is 10.9. The molecule has 3 nitrogen and oxygen atoms in total. The van der Waals surface area contributed by atoms with Crippen molar-refractivity contribution in [1.29, 1.82) is 5.26 Å². The van der Waals surface area contributed by atoms with Gasteiger partial charge in [-0.05, 0) is 30.4 Å². The molecule has 1 saturated heterocycles. The van der Waals surface area contributed by atoms with Crippen molar-refractivity contribution in [3.05, 3.63) is 22.8 Å². The van der Waals surface area contributed by atoms with E-state index in [-0.39, 0.29) is 0 Å². The van der Waals surface area contributed by atoms with Crippen molar-refractivity contribution in [2.75, 3.05) is 18.0 Å². The fourth-order valence-corrected chi connectivity index (χ4v) is 2.76. The highest BCUT2D eigenvalue weighted by molar-refractivity contribution is 6.29. The molecule has 0 aromatic carbocycles. The van der Waals surface area contributed by atoms with Crippen LogP contribution >= 0.6 is 11.6 Å². The van der Waals surface area contributed by atoms with E-state index in [2.05, 4.69) is 29.8 Å². The van der Waals surface area contributed by atoms with Crippen LogP contribution in [-0.4, -0.2) is 18.1 Å². The summed E-state index contributed by atoms with van der Waals surface area (Å²) in [7, 11) is 0. The highest BCUT2D eigenvalue weighted by Crippen LogP contribution is 2.26. The zero-order chi connectivity index (χ0) is 12.4. The molecule has 2 unspecified atom stereocenters. The van der Waals surface area contributed by atoms with Gasteiger partial charge in [0, 0.05) is 13.1 Å². The van der Waals surface area contributed by atoms with Crippen LogP contribution in [0.25, 0.3) is 0 Å². The summed E-state index contributed by atoms with van der Waals surface area (Å²) in [6.07, 6.45) is 1.25. The van der Waals surface area contributed by atoms with Gasteiger partial charge in [-0.1, -0.05) is 25.4 Å². The van der Waals surface area contributed by atoms with Gasteiger partial charge in [0.05, 0.1) is 11.6 Å². The third kappa shape index (κ3) is 2.89. The largest absolute Gasteiger partial charge is 0.356 e. The maximum atomic E-state index is 8.93. The number of rotatable bonds is 1. The van der Waals surface area contributed by atoms with Crippen molar-refractivity contribution < 1.29 is 0 Å². The third-order valence-corrected chi connectivity index (χ3v) is 3.30. The summed E-state index contributed by atoms with van der Waals surface area (Å²) >= 11 is 5.93. The molecule has 0 spiro atoms. The normalized spacial score (nSPS) is 24.5. The molecule has 17 heavy (non-hydrogen) atoms. The molecule has 0 aliphatic carbocycles. The highest BCUT2D eigenvalue weighted by Gasteiger charge is 2.23. The number of pyridine rings is 1. The molecule has 1 aromatic rings. The molecular weight excluding hydrogens is 234 g/mol. The molecule has 0 saturated carbocycles. The number of nitrogens with zero attached hydrogens (tertiary/aromatic N) is 3. The van der Waals surface area contributed by atoms with Crippen LogP contribution in [0.15, 0.2) is 12.1 Å². The van der Waals surface area contributed by atoms with E-state index < -0.39 is 0 Å². The molecule has 90 valence electrons. The Morgan fingerprint density at radius 3 is 2.59 bits per heavy atom. The predicted octanol–water partition coefficient (Wildman–Crippen LogP) is 3.09. The quantitative estimate of drug-likeness (QED) is 0.718. The van der Waals surface area contributed by atoms with E-state index >= 15 is 0 Å². The number of hydrogen-bond donors (Lipinski definition) is 0. The fraction of sp³-hybridized carbons (Fsp3) is 0.538. The summed E-state index contributed by atoms with van der Waals surface area (Å²) in [5, 5.41) is 9.33. The molecule has 4 heteroatoms. The third-order valence-electron chi connectivity index (χ3n) is 3.10. The lowest BCUT2D eigenvalue weighted by atomic mass is 9.92. The van der Waals surface area contributed by atoms with Gasteiger partial charge in [0.1, 0.15) is 11.0 Å². The Morgan fingerprint density at radius 1 is 1.35 bits per heavy atom. The first kappa shape index (κ1) is 12.2. The Morgan fingerprint density at radius 2 is 2.00 bits per heavy atom. The van der Waals surface area contributed by atoms with Gasteiger partial charge in [-0.25, -0.2) is 4.98 Å². The second-order valence-corrected chi connectivity index (χ2v) is 5.39. The SMILES string of the molecule is CC1CC(C)CN(c2cc(C#N)cc(Cl)n2)C1. The minimum absolute atomic E-state index is 0.393. The first-order valence-corrected chi connectivity index (χ1v) is 6.29. The average molecular weight is 250 g/mol.